The van der Waals surface area contributed by atoms with Gasteiger partial charge in [0.25, 0.3) is 0 Å². The molecule has 0 aromatic heterocycles. The quantitative estimate of drug-likeness (QED) is 0.505. The summed E-state index contributed by atoms with van der Waals surface area (Å²) >= 11 is 0. The highest BCUT2D eigenvalue weighted by molar-refractivity contribution is 4.81. The summed E-state index contributed by atoms with van der Waals surface area (Å²) in [7, 11) is 0. The molecule has 0 rings (SSSR count). The largest absolute Gasteiger partial charge is 0.103 e. The van der Waals surface area contributed by atoms with Gasteiger partial charge < -0.3 is 0 Å². The molecular weight excluding hydrogens is 108 g/mol. The lowest BCUT2D eigenvalue weighted by atomic mass is 10.1. The van der Waals surface area contributed by atoms with Gasteiger partial charge in [0.1, 0.15) is 0 Å². The Kier molecular flexibility index (Phi) is 5.29. The summed E-state index contributed by atoms with van der Waals surface area (Å²) in [5.74, 6) is 0.668. The average Bonchev–Trinajstić information content (AvgIpc) is 1.89. The monoisotopic (exact) mass is 124 g/mol. The minimum atomic E-state index is 0.668. The molecule has 9 heavy (non-hydrogen) atoms. The van der Waals surface area contributed by atoms with Crippen LogP contribution in [0.15, 0.2) is 24.8 Å². The Morgan fingerprint density at radius 2 is 2.22 bits per heavy atom. The molecule has 0 fully saturated rings. The summed E-state index contributed by atoms with van der Waals surface area (Å²) in [6.45, 7) is 7.96. The third kappa shape index (κ3) is 5.35. The fraction of sp³-hybridized carbons (Fsp3) is 0.556. The van der Waals surface area contributed by atoms with Gasteiger partial charge in [-0.05, 0) is 25.7 Å². The molecule has 1 unspecified atom stereocenters. The highest BCUT2D eigenvalue weighted by atomic mass is 14.0. The van der Waals surface area contributed by atoms with Crippen molar-refractivity contribution in [3.8, 4) is 0 Å². The van der Waals surface area contributed by atoms with Crippen LogP contribution < -0.4 is 0 Å². The first-order valence-corrected chi connectivity index (χ1v) is 3.55. The van der Waals surface area contributed by atoms with Crippen molar-refractivity contribution in [2.75, 3.05) is 0 Å². The van der Waals surface area contributed by atoms with E-state index in [0.29, 0.717) is 5.92 Å². The van der Waals surface area contributed by atoms with Crippen molar-refractivity contribution in [3.05, 3.63) is 24.8 Å². The van der Waals surface area contributed by atoms with E-state index in [-0.39, 0.29) is 0 Å². The van der Waals surface area contributed by atoms with Crippen molar-refractivity contribution >= 4 is 0 Å². The number of allylic oxidation sites excluding steroid dienone is 3. The molecule has 52 valence electrons. The van der Waals surface area contributed by atoms with Gasteiger partial charge in [-0.3, -0.25) is 0 Å². The first-order chi connectivity index (χ1) is 4.31. The van der Waals surface area contributed by atoms with Gasteiger partial charge in [-0.1, -0.05) is 25.2 Å². The first kappa shape index (κ1) is 8.48. The van der Waals surface area contributed by atoms with Crippen LogP contribution in [0.5, 0.6) is 0 Å². The minimum absolute atomic E-state index is 0.668. The predicted molar refractivity (Wildman–Crippen MR) is 43.4 cm³/mol. The summed E-state index contributed by atoms with van der Waals surface area (Å²) in [6.07, 6.45) is 8.71. The summed E-state index contributed by atoms with van der Waals surface area (Å²) in [5.41, 5.74) is 0. The fourth-order valence-electron chi connectivity index (χ4n) is 0.644. The Bertz CT molecular complexity index is 90.2. The molecule has 0 nitrogen and oxygen atoms in total. The zero-order valence-corrected chi connectivity index (χ0v) is 6.43. The molecule has 1 atom stereocenters. The molecule has 0 saturated heterocycles. The molecule has 0 saturated carbocycles. The molecule has 0 spiro atoms. The van der Waals surface area contributed by atoms with E-state index in [1.807, 2.05) is 6.08 Å². The number of rotatable bonds is 4. The molecule has 0 amide bonds. The molecule has 0 radical (unpaired) electrons. The Hall–Kier alpha value is -0.520. The van der Waals surface area contributed by atoms with Gasteiger partial charge in [0.2, 0.25) is 0 Å². The van der Waals surface area contributed by atoms with E-state index in [9.17, 15) is 0 Å². The van der Waals surface area contributed by atoms with E-state index < -0.39 is 0 Å². The zero-order chi connectivity index (χ0) is 7.11. The molecule has 0 aliphatic carbocycles. The SMILES string of the molecule is C=CC(C)CC/C=C/C. The average molecular weight is 124 g/mol. The summed E-state index contributed by atoms with van der Waals surface area (Å²) in [6, 6.07) is 0. The second kappa shape index (κ2) is 5.61. The zero-order valence-electron chi connectivity index (χ0n) is 6.43. The van der Waals surface area contributed by atoms with Gasteiger partial charge in [0.05, 0.1) is 0 Å². The Morgan fingerprint density at radius 3 is 2.67 bits per heavy atom. The summed E-state index contributed by atoms with van der Waals surface area (Å²) in [5, 5.41) is 0. The lowest BCUT2D eigenvalue weighted by Gasteiger charge is -1.99. The second-order valence-corrected chi connectivity index (χ2v) is 2.36. The van der Waals surface area contributed by atoms with Crippen LogP contribution in [0, 0.1) is 5.92 Å². The standard InChI is InChI=1S/C9H16/c1-4-6-7-8-9(3)5-2/h4-6,9H,2,7-8H2,1,3H3/b6-4+. The van der Waals surface area contributed by atoms with Crippen LogP contribution in [0.3, 0.4) is 0 Å². The molecule has 0 heteroatoms. The Balaban J connectivity index is 3.16. The molecule has 0 aliphatic rings. The van der Waals surface area contributed by atoms with Crippen LogP contribution in [0.2, 0.25) is 0 Å². The number of hydrogen-bond acceptors (Lipinski definition) is 0. The molecule has 0 aliphatic heterocycles. The van der Waals surface area contributed by atoms with E-state index in [0.717, 1.165) is 0 Å². The fourth-order valence-corrected chi connectivity index (χ4v) is 0.644. The van der Waals surface area contributed by atoms with Crippen molar-refractivity contribution in [2.24, 2.45) is 5.92 Å². The summed E-state index contributed by atoms with van der Waals surface area (Å²) < 4.78 is 0. The first-order valence-electron chi connectivity index (χ1n) is 3.55. The van der Waals surface area contributed by atoms with E-state index in [1.54, 1.807) is 0 Å². The maximum absolute atomic E-state index is 3.72. The molecular formula is C9H16. The van der Waals surface area contributed by atoms with Gasteiger partial charge in [-0.2, -0.15) is 0 Å². The maximum atomic E-state index is 3.72. The van der Waals surface area contributed by atoms with Crippen LogP contribution in [-0.4, -0.2) is 0 Å². The van der Waals surface area contributed by atoms with Crippen molar-refractivity contribution in [2.45, 2.75) is 26.7 Å². The van der Waals surface area contributed by atoms with Crippen molar-refractivity contribution in [3.63, 3.8) is 0 Å². The van der Waals surface area contributed by atoms with E-state index in [4.69, 9.17) is 0 Å². The van der Waals surface area contributed by atoms with Crippen LogP contribution in [0.1, 0.15) is 26.7 Å². The minimum Gasteiger partial charge on any atom is -0.103 e. The molecule has 0 aromatic carbocycles. The second-order valence-electron chi connectivity index (χ2n) is 2.36. The van der Waals surface area contributed by atoms with E-state index in [1.165, 1.54) is 12.8 Å². The predicted octanol–water partition coefficient (Wildman–Crippen LogP) is 3.16. The molecule has 0 bridgehead atoms. The van der Waals surface area contributed by atoms with Crippen LogP contribution in [0.25, 0.3) is 0 Å². The Morgan fingerprint density at radius 1 is 1.56 bits per heavy atom. The van der Waals surface area contributed by atoms with Gasteiger partial charge in [-0.25, -0.2) is 0 Å². The van der Waals surface area contributed by atoms with Crippen molar-refractivity contribution in [1.29, 1.82) is 0 Å². The third-order valence-electron chi connectivity index (χ3n) is 1.43. The van der Waals surface area contributed by atoms with Crippen LogP contribution in [0.4, 0.5) is 0 Å². The third-order valence-corrected chi connectivity index (χ3v) is 1.43. The molecule has 0 aromatic rings. The lowest BCUT2D eigenvalue weighted by Crippen LogP contribution is -1.85. The topological polar surface area (TPSA) is 0 Å². The maximum Gasteiger partial charge on any atom is -0.0262 e. The van der Waals surface area contributed by atoms with Gasteiger partial charge in [0.15, 0.2) is 0 Å². The Labute approximate surface area is 58.3 Å². The highest BCUT2D eigenvalue weighted by Crippen LogP contribution is 2.05. The van der Waals surface area contributed by atoms with Crippen molar-refractivity contribution in [1.82, 2.24) is 0 Å². The highest BCUT2D eigenvalue weighted by Gasteiger charge is 1.90. The van der Waals surface area contributed by atoms with Gasteiger partial charge in [0, 0.05) is 0 Å². The summed E-state index contributed by atoms with van der Waals surface area (Å²) in [4.78, 5) is 0. The van der Waals surface area contributed by atoms with Crippen LogP contribution >= 0.6 is 0 Å². The van der Waals surface area contributed by atoms with Gasteiger partial charge in [-0.15, -0.1) is 6.58 Å². The smallest absolute Gasteiger partial charge is 0.0262 e. The van der Waals surface area contributed by atoms with E-state index in [2.05, 4.69) is 32.6 Å². The van der Waals surface area contributed by atoms with Crippen molar-refractivity contribution < 1.29 is 0 Å². The normalized spacial score (nSPS) is 14.0. The molecule has 0 heterocycles. The molecule has 0 N–H and O–H groups in total. The van der Waals surface area contributed by atoms with Gasteiger partial charge >= 0.3 is 0 Å². The van der Waals surface area contributed by atoms with E-state index >= 15 is 0 Å². The van der Waals surface area contributed by atoms with Crippen LogP contribution in [-0.2, 0) is 0 Å². The number of hydrogen-bond donors (Lipinski definition) is 0. The lowest BCUT2D eigenvalue weighted by molar-refractivity contribution is 0.659.